The predicted octanol–water partition coefficient (Wildman–Crippen LogP) is 5.05. The first-order valence-corrected chi connectivity index (χ1v) is 9.78. The second kappa shape index (κ2) is 6.95. The van der Waals surface area contributed by atoms with E-state index in [2.05, 4.69) is 20.8 Å². The van der Waals surface area contributed by atoms with Crippen LogP contribution in [0.4, 0.5) is 18.0 Å². The van der Waals surface area contributed by atoms with Crippen molar-refractivity contribution in [1.82, 2.24) is 9.80 Å². The molecule has 1 saturated heterocycles. The Kier molecular flexibility index (Phi) is 5.27. The number of hydrogen-bond donors (Lipinski definition) is 0. The number of piperazine rings is 1. The first kappa shape index (κ1) is 20.5. The van der Waals surface area contributed by atoms with Gasteiger partial charge in [0.25, 0.3) is 0 Å². The van der Waals surface area contributed by atoms with Gasteiger partial charge in [-0.3, -0.25) is 4.90 Å². The van der Waals surface area contributed by atoms with E-state index in [9.17, 15) is 18.0 Å². The van der Waals surface area contributed by atoms with Gasteiger partial charge >= 0.3 is 12.3 Å². The van der Waals surface area contributed by atoms with Gasteiger partial charge in [-0.25, -0.2) is 4.79 Å². The lowest BCUT2D eigenvalue weighted by atomic mass is 10.1. The van der Waals surface area contributed by atoms with Gasteiger partial charge in [-0.05, 0) is 51.3 Å². The molecule has 8 heteroatoms. The Morgan fingerprint density at radius 3 is 2.41 bits per heavy atom. The highest BCUT2D eigenvalue weighted by atomic mass is 79.9. The highest BCUT2D eigenvalue weighted by Gasteiger charge is 2.52. The second-order valence-corrected chi connectivity index (χ2v) is 9.21. The highest BCUT2D eigenvalue weighted by molar-refractivity contribution is 9.10. The van der Waals surface area contributed by atoms with Crippen molar-refractivity contribution in [2.45, 2.75) is 57.5 Å². The average molecular weight is 449 g/mol. The first-order valence-electron chi connectivity index (χ1n) is 8.98. The summed E-state index contributed by atoms with van der Waals surface area (Å²) in [6, 6.07) is 4.19. The van der Waals surface area contributed by atoms with Crippen molar-refractivity contribution in [3.8, 4) is 0 Å². The lowest BCUT2D eigenvalue weighted by molar-refractivity contribution is -0.138. The maximum atomic E-state index is 12.9. The van der Waals surface area contributed by atoms with E-state index in [1.165, 1.54) is 6.07 Å². The molecule has 0 atom stereocenters. The lowest BCUT2D eigenvalue weighted by Crippen LogP contribution is -2.56. The molecule has 2 fully saturated rings. The number of amides is 1. The smallest absolute Gasteiger partial charge is 0.417 e. The topological polar surface area (TPSA) is 32.8 Å². The van der Waals surface area contributed by atoms with Crippen LogP contribution in [0.1, 0.15) is 44.7 Å². The van der Waals surface area contributed by atoms with Gasteiger partial charge in [0.1, 0.15) is 5.60 Å². The fraction of sp³-hybridized carbons (Fsp3) is 0.632. The Morgan fingerprint density at radius 2 is 1.89 bits per heavy atom. The number of ether oxygens (including phenoxy) is 1. The Labute approximate surface area is 165 Å². The summed E-state index contributed by atoms with van der Waals surface area (Å²) in [5, 5.41) is 0. The Bertz CT molecular complexity index is 727. The van der Waals surface area contributed by atoms with Crippen LogP contribution in [0.15, 0.2) is 22.7 Å². The van der Waals surface area contributed by atoms with Crippen LogP contribution in [-0.2, 0) is 17.5 Å². The summed E-state index contributed by atoms with van der Waals surface area (Å²) in [6.07, 6.45) is -2.71. The number of carbonyl (C=O) groups is 1. The van der Waals surface area contributed by atoms with Crippen molar-refractivity contribution in [2.24, 2.45) is 0 Å². The van der Waals surface area contributed by atoms with Crippen LogP contribution in [-0.4, -0.2) is 46.7 Å². The molecule has 1 aliphatic heterocycles. The fourth-order valence-electron chi connectivity index (χ4n) is 3.47. The number of halogens is 4. The summed E-state index contributed by atoms with van der Waals surface area (Å²) in [5.41, 5.74) is -0.448. The van der Waals surface area contributed by atoms with Gasteiger partial charge in [-0.15, -0.1) is 0 Å². The minimum absolute atomic E-state index is 0.0599. The predicted molar refractivity (Wildman–Crippen MR) is 99.3 cm³/mol. The molecule has 150 valence electrons. The molecule has 4 nitrogen and oxygen atoms in total. The van der Waals surface area contributed by atoms with Crippen molar-refractivity contribution in [3.05, 3.63) is 33.8 Å². The number of nitrogens with zero attached hydrogens (tertiary/aromatic N) is 2. The molecule has 27 heavy (non-hydrogen) atoms. The zero-order chi connectivity index (χ0) is 20.0. The molecule has 1 heterocycles. The van der Waals surface area contributed by atoms with E-state index in [0.717, 1.165) is 24.5 Å². The third kappa shape index (κ3) is 4.77. The maximum Gasteiger partial charge on any atom is 0.417 e. The summed E-state index contributed by atoms with van der Waals surface area (Å²) in [7, 11) is 0. The van der Waals surface area contributed by atoms with Crippen molar-refractivity contribution < 1.29 is 22.7 Å². The first-order chi connectivity index (χ1) is 12.4. The largest absolute Gasteiger partial charge is 0.444 e. The van der Waals surface area contributed by atoms with E-state index < -0.39 is 17.3 Å². The van der Waals surface area contributed by atoms with Gasteiger partial charge in [-0.1, -0.05) is 22.0 Å². The van der Waals surface area contributed by atoms with Gasteiger partial charge < -0.3 is 9.64 Å². The molecule has 1 saturated carbocycles. The third-order valence-electron chi connectivity index (χ3n) is 4.99. The standard InChI is InChI=1S/C19H24BrF3N2O2/c1-17(2,3)27-16(26)24-8-9-25(18(12-24)6-7-18)11-13-4-5-14(15(20)10-13)19(21,22)23/h4-5,10H,6-9,11-12H2,1-3H3. The normalized spacial score (nSPS) is 20.0. The molecule has 3 rings (SSSR count). The van der Waals surface area contributed by atoms with Gasteiger partial charge in [0, 0.05) is 36.2 Å². The minimum atomic E-state index is -4.37. The number of alkyl halides is 3. The highest BCUT2D eigenvalue weighted by Crippen LogP contribution is 2.45. The van der Waals surface area contributed by atoms with Gasteiger partial charge in [0.15, 0.2) is 0 Å². The van der Waals surface area contributed by atoms with Crippen LogP contribution in [0.25, 0.3) is 0 Å². The molecule has 0 N–H and O–H groups in total. The van der Waals surface area contributed by atoms with E-state index in [0.29, 0.717) is 26.2 Å². The van der Waals surface area contributed by atoms with Crippen molar-refractivity contribution in [1.29, 1.82) is 0 Å². The molecule has 1 spiro atoms. The summed E-state index contributed by atoms with van der Waals surface area (Å²) >= 11 is 3.04. The molecular weight excluding hydrogens is 425 g/mol. The number of carbonyl (C=O) groups excluding carboxylic acids is 1. The number of rotatable bonds is 2. The molecule has 1 aliphatic carbocycles. The summed E-state index contributed by atoms with van der Waals surface area (Å²) < 4.78 is 44.3. The Balaban J connectivity index is 1.67. The number of benzene rings is 1. The van der Waals surface area contributed by atoms with Crippen molar-refractivity contribution >= 4 is 22.0 Å². The van der Waals surface area contributed by atoms with E-state index >= 15 is 0 Å². The average Bonchev–Trinajstić information content (AvgIpc) is 3.26. The SMILES string of the molecule is CC(C)(C)OC(=O)N1CCN(Cc2ccc(C(F)(F)F)c(Br)c2)C2(CC2)C1. The number of hydrogen-bond acceptors (Lipinski definition) is 3. The molecule has 0 unspecified atom stereocenters. The van der Waals surface area contributed by atoms with Crippen LogP contribution < -0.4 is 0 Å². The van der Waals surface area contributed by atoms with Crippen LogP contribution in [0, 0.1) is 0 Å². The molecule has 0 bridgehead atoms. The van der Waals surface area contributed by atoms with Crippen LogP contribution in [0.2, 0.25) is 0 Å². The summed E-state index contributed by atoms with van der Waals surface area (Å²) in [4.78, 5) is 16.4. The zero-order valence-corrected chi connectivity index (χ0v) is 17.3. The molecular formula is C19H24BrF3N2O2. The van der Waals surface area contributed by atoms with E-state index in [-0.39, 0.29) is 16.1 Å². The molecule has 1 amide bonds. The Hall–Kier alpha value is -1.28. The van der Waals surface area contributed by atoms with Crippen LogP contribution >= 0.6 is 15.9 Å². The van der Waals surface area contributed by atoms with Gasteiger partial charge in [0.2, 0.25) is 0 Å². The summed E-state index contributed by atoms with van der Waals surface area (Å²) in [5.74, 6) is 0. The minimum Gasteiger partial charge on any atom is -0.444 e. The lowest BCUT2D eigenvalue weighted by Gasteiger charge is -2.42. The van der Waals surface area contributed by atoms with Crippen molar-refractivity contribution in [2.75, 3.05) is 19.6 Å². The van der Waals surface area contributed by atoms with Gasteiger partial charge in [0.05, 0.1) is 5.56 Å². The molecule has 1 aromatic carbocycles. The van der Waals surface area contributed by atoms with Crippen LogP contribution in [0.3, 0.4) is 0 Å². The van der Waals surface area contributed by atoms with E-state index in [1.54, 1.807) is 11.0 Å². The molecule has 0 aromatic heterocycles. The van der Waals surface area contributed by atoms with Crippen molar-refractivity contribution in [3.63, 3.8) is 0 Å². The molecule has 0 radical (unpaired) electrons. The molecule has 1 aromatic rings. The summed E-state index contributed by atoms with van der Waals surface area (Å²) in [6.45, 7) is 7.93. The Morgan fingerprint density at radius 1 is 1.22 bits per heavy atom. The molecule has 2 aliphatic rings. The van der Waals surface area contributed by atoms with E-state index in [4.69, 9.17) is 4.74 Å². The van der Waals surface area contributed by atoms with Gasteiger partial charge in [-0.2, -0.15) is 13.2 Å². The monoisotopic (exact) mass is 448 g/mol. The fourth-order valence-corrected chi connectivity index (χ4v) is 4.12. The third-order valence-corrected chi connectivity index (χ3v) is 5.64. The van der Waals surface area contributed by atoms with E-state index in [1.807, 2.05) is 20.8 Å². The van der Waals surface area contributed by atoms with Crippen LogP contribution in [0.5, 0.6) is 0 Å². The second-order valence-electron chi connectivity index (χ2n) is 8.36. The zero-order valence-electron chi connectivity index (χ0n) is 15.7. The maximum absolute atomic E-state index is 12.9. The quantitative estimate of drug-likeness (QED) is 0.634.